The highest BCUT2D eigenvalue weighted by Crippen LogP contribution is 2.25. The van der Waals surface area contributed by atoms with Gasteiger partial charge >= 0.3 is 0 Å². The van der Waals surface area contributed by atoms with Crippen molar-refractivity contribution in [1.82, 2.24) is 24.2 Å². The standard InChI is InChI=1S/C20H22N6O3/c1-5-29-13(3)24-26-18-16(20(27)25(10-11-28-4)12(2)21-18)17-19(26)23-15-9-7-6-8-14(15)22-17/h6-9H,5,10-11H2,1-4H3. The minimum atomic E-state index is -0.192. The molecule has 0 aliphatic heterocycles. The molecule has 0 atom stereocenters. The van der Waals surface area contributed by atoms with E-state index in [-0.39, 0.29) is 5.56 Å². The molecule has 0 unspecified atom stereocenters. The second-order valence-electron chi connectivity index (χ2n) is 6.56. The van der Waals surface area contributed by atoms with Crippen LogP contribution in [-0.4, -0.2) is 50.4 Å². The zero-order chi connectivity index (χ0) is 20.5. The number of benzene rings is 1. The average Bonchev–Trinajstić information content (AvgIpc) is 2.99. The summed E-state index contributed by atoms with van der Waals surface area (Å²) in [6, 6.07) is 7.52. The molecular formula is C20H22N6O3. The molecule has 3 aromatic heterocycles. The van der Waals surface area contributed by atoms with Gasteiger partial charge in [0.15, 0.2) is 11.3 Å². The number of aryl methyl sites for hydroxylation is 1. The molecule has 0 bridgehead atoms. The van der Waals surface area contributed by atoms with E-state index >= 15 is 0 Å². The second-order valence-corrected chi connectivity index (χ2v) is 6.56. The molecule has 0 aliphatic carbocycles. The summed E-state index contributed by atoms with van der Waals surface area (Å²) in [5.41, 5.74) is 2.56. The third-order valence-corrected chi connectivity index (χ3v) is 4.64. The number of aromatic nitrogens is 5. The zero-order valence-electron chi connectivity index (χ0n) is 16.8. The van der Waals surface area contributed by atoms with Gasteiger partial charge in [-0.05, 0) is 26.0 Å². The highest BCUT2D eigenvalue weighted by Gasteiger charge is 2.21. The van der Waals surface area contributed by atoms with E-state index in [9.17, 15) is 4.79 Å². The van der Waals surface area contributed by atoms with Gasteiger partial charge in [0.05, 0.1) is 30.8 Å². The van der Waals surface area contributed by atoms with Crippen LogP contribution < -0.4 is 5.56 Å². The van der Waals surface area contributed by atoms with Gasteiger partial charge in [0.25, 0.3) is 5.56 Å². The number of fused-ring (bicyclic) bond motifs is 4. The molecule has 0 saturated carbocycles. The van der Waals surface area contributed by atoms with E-state index in [0.717, 1.165) is 0 Å². The SMILES string of the molecule is CCOC(C)=Nn1c2nc3ccccc3nc2c2c(=O)n(CCOC)c(C)nc21. The van der Waals surface area contributed by atoms with Crippen molar-refractivity contribution in [2.45, 2.75) is 27.3 Å². The van der Waals surface area contributed by atoms with Crippen molar-refractivity contribution in [3.8, 4) is 0 Å². The van der Waals surface area contributed by atoms with Crippen LogP contribution in [-0.2, 0) is 16.0 Å². The van der Waals surface area contributed by atoms with Gasteiger partial charge in [0.1, 0.15) is 16.7 Å². The first-order valence-electron chi connectivity index (χ1n) is 9.40. The third kappa shape index (κ3) is 3.23. The van der Waals surface area contributed by atoms with E-state index in [0.29, 0.717) is 64.7 Å². The van der Waals surface area contributed by atoms with E-state index in [1.807, 2.05) is 31.2 Å². The first kappa shape index (κ1) is 19.0. The Bertz CT molecular complexity index is 1300. The van der Waals surface area contributed by atoms with Gasteiger partial charge in [-0.2, -0.15) is 4.68 Å². The van der Waals surface area contributed by atoms with Crippen LogP contribution in [0.2, 0.25) is 0 Å². The second kappa shape index (κ2) is 7.59. The molecule has 29 heavy (non-hydrogen) atoms. The van der Waals surface area contributed by atoms with E-state index in [4.69, 9.17) is 19.4 Å². The number of nitrogens with zero attached hydrogens (tertiary/aromatic N) is 6. The highest BCUT2D eigenvalue weighted by molar-refractivity contribution is 6.04. The fraction of sp³-hybridized carbons (Fsp3) is 0.350. The molecule has 4 aromatic rings. The third-order valence-electron chi connectivity index (χ3n) is 4.64. The minimum absolute atomic E-state index is 0.192. The lowest BCUT2D eigenvalue weighted by Gasteiger charge is -2.09. The highest BCUT2D eigenvalue weighted by atomic mass is 16.5. The van der Waals surface area contributed by atoms with E-state index in [1.54, 1.807) is 30.2 Å². The maximum absolute atomic E-state index is 13.3. The molecule has 0 saturated heterocycles. The lowest BCUT2D eigenvalue weighted by molar-refractivity contribution is 0.185. The molecule has 1 aromatic carbocycles. The number of ether oxygens (including phenoxy) is 2. The van der Waals surface area contributed by atoms with Crippen LogP contribution in [0, 0.1) is 6.92 Å². The molecule has 0 amide bonds. The Hall–Kier alpha value is -3.33. The predicted molar refractivity (Wildman–Crippen MR) is 111 cm³/mol. The monoisotopic (exact) mass is 394 g/mol. The normalized spacial score (nSPS) is 12.3. The summed E-state index contributed by atoms with van der Waals surface area (Å²) in [6.07, 6.45) is 0. The van der Waals surface area contributed by atoms with Crippen LogP contribution in [0.5, 0.6) is 0 Å². The van der Waals surface area contributed by atoms with Crippen molar-refractivity contribution >= 4 is 39.1 Å². The Kier molecular flexibility index (Phi) is 4.98. The largest absolute Gasteiger partial charge is 0.480 e. The van der Waals surface area contributed by atoms with Crippen LogP contribution in [0.25, 0.3) is 33.2 Å². The van der Waals surface area contributed by atoms with Gasteiger partial charge in [-0.15, -0.1) is 5.10 Å². The van der Waals surface area contributed by atoms with E-state index < -0.39 is 0 Å². The minimum Gasteiger partial charge on any atom is -0.480 e. The molecule has 9 heteroatoms. The van der Waals surface area contributed by atoms with Crippen LogP contribution >= 0.6 is 0 Å². The van der Waals surface area contributed by atoms with Crippen molar-refractivity contribution in [3.05, 3.63) is 40.4 Å². The number of hydrogen-bond donors (Lipinski definition) is 0. The summed E-state index contributed by atoms with van der Waals surface area (Å²) in [6.45, 7) is 6.71. The zero-order valence-corrected chi connectivity index (χ0v) is 16.8. The van der Waals surface area contributed by atoms with E-state index in [2.05, 4.69) is 10.1 Å². The fourth-order valence-electron chi connectivity index (χ4n) is 3.33. The first-order valence-corrected chi connectivity index (χ1v) is 9.40. The molecule has 4 rings (SSSR count). The quantitative estimate of drug-likeness (QED) is 0.381. The summed E-state index contributed by atoms with van der Waals surface area (Å²) in [4.78, 5) is 27.4. The van der Waals surface area contributed by atoms with Gasteiger partial charge in [-0.25, -0.2) is 15.0 Å². The van der Waals surface area contributed by atoms with Gasteiger partial charge < -0.3 is 9.47 Å². The van der Waals surface area contributed by atoms with Gasteiger partial charge in [0, 0.05) is 14.0 Å². The Morgan fingerprint density at radius 1 is 1.14 bits per heavy atom. The molecule has 3 heterocycles. The lowest BCUT2D eigenvalue weighted by atomic mass is 10.3. The summed E-state index contributed by atoms with van der Waals surface area (Å²) in [5.74, 6) is 1.02. The molecule has 0 radical (unpaired) electrons. The van der Waals surface area contributed by atoms with Crippen molar-refractivity contribution in [1.29, 1.82) is 0 Å². The molecule has 0 N–H and O–H groups in total. The van der Waals surface area contributed by atoms with Crippen LogP contribution in [0.4, 0.5) is 0 Å². The summed E-state index contributed by atoms with van der Waals surface area (Å²) in [5, 5.41) is 4.90. The van der Waals surface area contributed by atoms with E-state index in [1.165, 1.54) is 0 Å². The van der Waals surface area contributed by atoms with Crippen molar-refractivity contribution in [2.75, 3.05) is 20.3 Å². The first-order chi connectivity index (χ1) is 14.0. The fourth-order valence-corrected chi connectivity index (χ4v) is 3.33. The number of rotatable bonds is 5. The van der Waals surface area contributed by atoms with Crippen molar-refractivity contribution in [3.63, 3.8) is 0 Å². The van der Waals surface area contributed by atoms with Gasteiger partial charge in [-0.3, -0.25) is 9.36 Å². The van der Waals surface area contributed by atoms with Crippen molar-refractivity contribution < 1.29 is 9.47 Å². The van der Waals surface area contributed by atoms with Gasteiger partial charge in [0.2, 0.25) is 5.90 Å². The average molecular weight is 394 g/mol. The number of methoxy groups -OCH3 is 1. The number of hydrogen-bond acceptors (Lipinski definition) is 7. The number of para-hydroxylation sites is 2. The van der Waals surface area contributed by atoms with Crippen LogP contribution in [0.15, 0.2) is 34.2 Å². The molecule has 0 spiro atoms. The predicted octanol–water partition coefficient (Wildman–Crippen LogP) is 2.47. The molecule has 9 nitrogen and oxygen atoms in total. The molecular weight excluding hydrogens is 372 g/mol. The molecule has 0 aliphatic rings. The van der Waals surface area contributed by atoms with Gasteiger partial charge in [-0.1, -0.05) is 12.1 Å². The Morgan fingerprint density at radius 3 is 2.55 bits per heavy atom. The molecule has 150 valence electrons. The summed E-state index contributed by atoms with van der Waals surface area (Å²) < 4.78 is 13.8. The van der Waals surface area contributed by atoms with Crippen molar-refractivity contribution in [2.24, 2.45) is 5.10 Å². The maximum Gasteiger partial charge on any atom is 0.265 e. The summed E-state index contributed by atoms with van der Waals surface area (Å²) in [7, 11) is 1.60. The Labute approximate surface area is 166 Å². The van der Waals surface area contributed by atoms with Crippen LogP contribution in [0.3, 0.4) is 0 Å². The maximum atomic E-state index is 13.3. The molecule has 0 fully saturated rings. The topological polar surface area (TPSA) is 96.4 Å². The Balaban J connectivity index is 2.14. The van der Waals surface area contributed by atoms with Crippen LogP contribution in [0.1, 0.15) is 19.7 Å². The lowest BCUT2D eigenvalue weighted by Crippen LogP contribution is -2.25. The Morgan fingerprint density at radius 2 is 1.86 bits per heavy atom. The summed E-state index contributed by atoms with van der Waals surface area (Å²) >= 11 is 0. The smallest absolute Gasteiger partial charge is 0.265 e.